The highest BCUT2D eigenvalue weighted by atomic mass is 16.7. The number of hydroxylamine groups is 1. The molecule has 0 aromatic heterocycles. The molecular formula is C5H9N3O2. The first-order valence-corrected chi connectivity index (χ1v) is 2.84. The zero-order valence-corrected chi connectivity index (χ0v) is 5.87. The molecule has 0 aromatic rings. The van der Waals surface area contributed by atoms with E-state index in [4.69, 9.17) is 4.84 Å². The molecule has 0 fully saturated rings. The molecular weight excluding hydrogens is 134 g/mol. The van der Waals surface area contributed by atoms with E-state index in [2.05, 4.69) is 5.43 Å². The topological polar surface area (TPSA) is 44.8 Å². The van der Waals surface area contributed by atoms with Crippen LogP contribution in [0.4, 0.5) is 0 Å². The predicted octanol–water partition coefficient (Wildman–Crippen LogP) is -0.397. The summed E-state index contributed by atoms with van der Waals surface area (Å²) >= 11 is 0. The monoisotopic (exact) mass is 143 g/mol. The maximum atomic E-state index is 10.4. The Bertz CT molecular complexity index is 168. The van der Waals surface area contributed by atoms with E-state index in [1.807, 2.05) is 0 Å². The van der Waals surface area contributed by atoms with Crippen molar-refractivity contribution in [1.29, 1.82) is 0 Å². The van der Waals surface area contributed by atoms with Gasteiger partial charge in [0.1, 0.15) is 0 Å². The molecule has 5 heteroatoms. The van der Waals surface area contributed by atoms with Gasteiger partial charge < -0.3 is 10.3 Å². The minimum absolute atomic E-state index is 0.347. The summed E-state index contributed by atoms with van der Waals surface area (Å²) in [7, 11) is 1.73. The highest BCUT2D eigenvalue weighted by Gasteiger charge is 2.12. The Morgan fingerprint density at radius 2 is 2.40 bits per heavy atom. The van der Waals surface area contributed by atoms with Gasteiger partial charge in [-0.05, 0) is 0 Å². The standard InChI is InChI=1S/C5H9N3O2/c1-5(9)10-8-4-3-6-7(8)2/h3-4,6H,1-2H3. The molecule has 56 valence electrons. The first kappa shape index (κ1) is 6.88. The molecule has 0 spiro atoms. The second kappa shape index (κ2) is 2.57. The Morgan fingerprint density at radius 1 is 1.70 bits per heavy atom. The molecule has 0 aliphatic carbocycles. The van der Waals surface area contributed by atoms with Gasteiger partial charge >= 0.3 is 5.97 Å². The third-order valence-electron chi connectivity index (χ3n) is 0.981. The van der Waals surface area contributed by atoms with E-state index in [-0.39, 0.29) is 5.97 Å². The molecule has 10 heavy (non-hydrogen) atoms. The van der Waals surface area contributed by atoms with Gasteiger partial charge in [0.25, 0.3) is 0 Å². The molecule has 1 aliphatic heterocycles. The minimum atomic E-state index is -0.347. The van der Waals surface area contributed by atoms with Crippen LogP contribution in [0, 0.1) is 0 Å². The van der Waals surface area contributed by atoms with Crippen LogP contribution < -0.4 is 5.43 Å². The number of rotatable bonds is 1. The van der Waals surface area contributed by atoms with Crippen molar-refractivity contribution in [3.05, 3.63) is 12.4 Å². The third kappa shape index (κ3) is 1.38. The molecule has 5 nitrogen and oxygen atoms in total. The van der Waals surface area contributed by atoms with Crippen molar-refractivity contribution in [1.82, 2.24) is 15.7 Å². The normalized spacial score (nSPS) is 17.2. The molecule has 0 unspecified atom stereocenters. The first-order chi connectivity index (χ1) is 4.70. The van der Waals surface area contributed by atoms with Crippen molar-refractivity contribution < 1.29 is 9.63 Å². The van der Waals surface area contributed by atoms with Crippen molar-refractivity contribution in [2.45, 2.75) is 6.92 Å². The molecule has 0 saturated heterocycles. The van der Waals surface area contributed by atoms with Crippen LogP contribution in [0.5, 0.6) is 0 Å². The van der Waals surface area contributed by atoms with E-state index in [1.165, 1.54) is 17.2 Å². The summed E-state index contributed by atoms with van der Waals surface area (Å²) in [6.45, 7) is 1.35. The van der Waals surface area contributed by atoms with Gasteiger partial charge in [0.05, 0.1) is 6.20 Å². The summed E-state index contributed by atoms with van der Waals surface area (Å²) in [4.78, 5) is 15.1. The van der Waals surface area contributed by atoms with E-state index in [0.29, 0.717) is 0 Å². The van der Waals surface area contributed by atoms with Gasteiger partial charge in [-0.25, -0.2) is 4.79 Å². The lowest BCUT2D eigenvalue weighted by atomic mass is 10.8. The van der Waals surface area contributed by atoms with Crippen LogP contribution in [0.2, 0.25) is 0 Å². The summed E-state index contributed by atoms with van der Waals surface area (Å²) < 4.78 is 0. The molecule has 0 amide bonds. The lowest BCUT2D eigenvalue weighted by Gasteiger charge is -2.21. The third-order valence-corrected chi connectivity index (χ3v) is 0.981. The first-order valence-electron chi connectivity index (χ1n) is 2.84. The Labute approximate surface area is 58.7 Å². The second-order valence-corrected chi connectivity index (χ2v) is 1.85. The molecule has 1 aliphatic rings. The Kier molecular flexibility index (Phi) is 1.77. The zero-order chi connectivity index (χ0) is 7.56. The molecule has 0 bridgehead atoms. The Balaban J connectivity index is 2.40. The quantitative estimate of drug-likeness (QED) is 0.541. The van der Waals surface area contributed by atoms with E-state index in [1.54, 1.807) is 19.4 Å². The lowest BCUT2D eigenvalue weighted by molar-refractivity contribution is -0.234. The summed E-state index contributed by atoms with van der Waals surface area (Å²) in [6, 6.07) is 0. The number of nitrogens with zero attached hydrogens (tertiary/aromatic N) is 2. The van der Waals surface area contributed by atoms with Gasteiger partial charge in [-0.3, -0.25) is 0 Å². The zero-order valence-electron chi connectivity index (χ0n) is 5.87. The van der Waals surface area contributed by atoms with Crippen LogP contribution in [0.25, 0.3) is 0 Å². The van der Waals surface area contributed by atoms with E-state index in [0.717, 1.165) is 0 Å². The van der Waals surface area contributed by atoms with Crippen LogP contribution in [-0.2, 0) is 9.63 Å². The average molecular weight is 143 g/mol. The van der Waals surface area contributed by atoms with Crippen molar-refractivity contribution in [2.75, 3.05) is 7.05 Å². The number of nitrogens with one attached hydrogen (secondary N) is 1. The minimum Gasteiger partial charge on any atom is -0.324 e. The molecule has 1 rings (SSSR count). The van der Waals surface area contributed by atoms with Gasteiger partial charge in [-0.15, -0.1) is 10.3 Å². The fraction of sp³-hybridized carbons (Fsp3) is 0.400. The van der Waals surface area contributed by atoms with Crippen LogP contribution in [0.1, 0.15) is 6.92 Å². The summed E-state index contributed by atoms with van der Waals surface area (Å²) in [5, 5.41) is 2.82. The number of carbonyl (C=O) groups is 1. The fourth-order valence-electron chi connectivity index (χ4n) is 0.585. The van der Waals surface area contributed by atoms with E-state index >= 15 is 0 Å². The van der Waals surface area contributed by atoms with Gasteiger partial charge in [-0.2, -0.15) is 0 Å². The Hall–Kier alpha value is -1.23. The van der Waals surface area contributed by atoms with Crippen LogP contribution >= 0.6 is 0 Å². The molecule has 1 N–H and O–H groups in total. The highest BCUT2D eigenvalue weighted by Crippen LogP contribution is 1.99. The van der Waals surface area contributed by atoms with E-state index < -0.39 is 0 Å². The average Bonchev–Trinajstić information content (AvgIpc) is 2.15. The van der Waals surface area contributed by atoms with E-state index in [9.17, 15) is 4.79 Å². The SMILES string of the molecule is CC(=O)ON1C=CNN1C. The van der Waals surface area contributed by atoms with Crippen molar-refractivity contribution in [2.24, 2.45) is 0 Å². The molecule has 0 radical (unpaired) electrons. The van der Waals surface area contributed by atoms with Gasteiger partial charge in [0.2, 0.25) is 0 Å². The number of hydrazine groups is 2. The molecule has 0 aromatic carbocycles. The molecule has 0 saturated carbocycles. The van der Waals surface area contributed by atoms with Crippen LogP contribution in [0.15, 0.2) is 12.4 Å². The largest absolute Gasteiger partial charge is 0.331 e. The van der Waals surface area contributed by atoms with Gasteiger partial charge in [0.15, 0.2) is 0 Å². The van der Waals surface area contributed by atoms with Crippen molar-refractivity contribution in [3.63, 3.8) is 0 Å². The van der Waals surface area contributed by atoms with Crippen molar-refractivity contribution >= 4 is 5.97 Å². The van der Waals surface area contributed by atoms with Crippen LogP contribution in [-0.4, -0.2) is 23.3 Å². The summed E-state index contributed by atoms with van der Waals surface area (Å²) in [6.07, 6.45) is 3.25. The molecule has 1 heterocycles. The number of hydrogen-bond donors (Lipinski definition) is 1. The lowest BCUT2D eigenvalue weighted by Crippen LogP contribution is -2.38. The highest BCUT2D eigenvalue weighted by molar-refractivity contribution is 5.65. The maximum Gasteiger partial charge on any atom is 0.331 e. The predicted molar refractivity (Wildman–Crippen MR) is 33.6 cm³/mol. The van der Waals surface area contributed by atoms with Crippen LogP contribution in [0.3, 0.4) is 0 Å². The number of hydrogen-bond acceptors (Lipinski definition) is 5. The van der Waals surface area contributed by atoms with Crippen molar-refractivity contribution in [3.8, 4) is 0 Å². The fourth-order valence-corrected chi connectivity index (χ4v) is 0.585. The smallest absolute Gasteiger partial charge is 0.324 e. The summed E-state index contributed by atoms with van der Waals surface area (Å²) in [5.74, 6) is -0.347. The Morgan fingerprint density at radius 3 is 2.80 bits per heavy atom. The second-order valence-electron chi connectivity index (χ2n) is 1.85. The number of carbonyl (C=O) groups excluding carboxylic acids is 1. The van der Waals surface area contributed by atoms with Gasteiger partial charge in [0, 0.05) is 20.2 Å². The summed E-state index contributed by atoms with van der Waals surface area (Å²) in [5.41, 5.74) is 2.78. The maximum absolute atomic E-state index is 10.4. The van der Waals surface area contributed by atoms with Gasteiger partial charge in [-0.1, -0.05) is 0 Å². The molecule has 0 atom stereocenters.